The van der Waals surface area contributed by atoms with Gasteiger partial charge in [0.25, 0.3) is 5.91 Å². The van der Waals surface area contributed by atoms with Gasteiger partial charge in [0.05, 0.1) is 16.8 Å². The first kappa shape index (κ1) is 23.3. The number of aromatic nitrogens is 1. The zero-order chi connectivity index (χ0) is 25.2. The monoisotopic (exact) mass is 487 g/mol. The third kappa shape index (κ3) is 4.47. The lowest BCUT2D eigenvalue weighted by molar-refractivity contribution is -0.127. The molecular formula is C27H25N3O6. The van der Waals surface area contributed by atoms with Crippen molar-refractivity contribution in [3.63, 3.8) is 0 Å². The van der Waals surface area contributed by atoms with E-state index in [0.29, 0.717) is 47.4 Å². The minimum Gasteiger partial charge on any atom is -0.454 e. The van der Waals surface area contributed by atoms with Crippen molar-refractivity contribution in [1.82, 2.24) is 15.6 Å². The summed E-state index contributed by atoms with van der Waals surface area (Å²) in [6, 6.07) is 12.4. The van der Waals surface area contributed by atoms with Gasteiger partial charge in [-0.25, -0.2) is 14.6 Å². The first-order chi connectivity index (χ1) is 17.4. The second kappa shape index (κ2) is 9.69. The molecule has 0 fully saturated rings. The molecule has 2 aliphatic rings. The van der Waals surface area contributed by atoms with Crippen LogP contribution < -0.4 is 20.1 Å². The Kier molecular flexibility index (Phi) is 6.28. The number of para-hydroxylation sites is 1. The molecule has 36 heavy (non-hydrogen) atoms. The highest BCUT2D eigenvalue weighted by molar-refractivity contribution is 6.08. The first-order valence-electron chi connectivity index (χ1n) is 11.8. The van der Waals surface area contributed by atoms with Crippen LogP contribution in [0.1, 0.15) is 47.4 Å². The summed E-state index contributed by atoms with van der Waals surface area (Å²) in [6.45, 7) is 3.74. The van der Waals surface area contributed by atoms with E-state index in [0.717, 1.165) is 22.4 Å². The van der Waals surface area contributed by atoms with Gasteiger partial charge >= 0.3 is 12.0 Å². The van der Waals surface area contributed by atoms with Crippen LogP contribution in [0.25, 0.3) is 22.6 Å². The molecule has 0 radical (unpaired) electrons. The van der Waals surface area contributed by atoms with Crippen molar-refractivity contribution in [1.29, 1.82) is 0 Å². The number of hydrogen-bond donors (Lipinski definition) is 2. The lowest BCUT2D eigenvalue weighted by Gasteiger charge is -2.16. The number of ether oxygens (including phenoxy) is 3. The van der Waals surface area contributed by atoms with Gasteiger partial charge in [0.15, 0.2) is 17.6 Å². The fourth-order valence-electron chi connectivity index (χ4n) is 4.41. The fourth-order valence-corrected chi connectivity index (χ4v) is 4.41. The summed E-state index contributed by atoms with van der Waals surface area (Å²) in [4.78, 5) is 42.2. The number of benzene rings is 2. The number of nitrogens with zero attached hydrogens (tertiary/aromatic N) is 1. The van der Waals surface area contributed by atoms with Crippen LogP contribution in [0.3, 0.4) is 0 Å². The molecule has 1 aromatic heterocycles. The van der Waals surface area contributed by atoms with Gasteiger partial charge in [-0.3, -0.25) is 10.1 Å². The van der Waals surface area contributed by atoms with E-state index in [-0.39, 0.29) is 6.79 Å². The maximum atomic E-state index is 13.4. The molecule has 3 amide bonds. The van der Waals surface area contributed by atoms with E-state index in [1.165, 1.54) is 6.92 Å². The van der Waals surface area contributed by atoms with E-state index in [9.17, 15) is 14.4 Å². The standard InChI is InChI=1S/C27H25N3O6/c1-3-28-27(33)30-25(31)15(2)36-26(32)23-18-6-4-5-7-20(18)29-24-17(9-10-19(23)24)12-16-8-11-21-22(13-16)35-14-34-21/h4-8,11-13,15H,3,9-10,14H2,1-2H3,(H2,28,30,31,33)/b17-12+. The second-order valence-electron chi connectivity index (χ2n) is 8.51. The van der Waals surface area contributed by atoms with E-state index in [1.54, 1.807) is 6.92 Å². The van der Waals surface area contributed by atoms with Gasteiger partial charge in [-0.05, 0) is 67.7 Å². The highest BCUT2D eigenvalue weighted by Crippen LogP contribution is 2.39. The van der Waals surface area contributed by atoms with Gasteiger partial charge in [-0.15, -0.1) is 0 Å². The maximum absolute atomic E-state index is 13.4. The van der Waals surface area contributed by atoms with Crippen LogP contribution in [0.2, 0.25) is 0 Å². The van der Waals surface area contributed by atoms with Gasteiger partial charge in [-0.2, -0.15) is 0 Å². The lowest BCUT2D eigenvalue weighted by atomic mass is 10.0. The molecule has 2 N–H and O–H groups in total. The van der Waals surface area contributed by atoms with Gasteiger partial charge in [-0.1, -0.05) is 24.3 Å². The Morgan fingerprint density at radius 3 is 2.75 bits per heavy atom. The van der Waals surface area contributed by atoms with Crippen molar-refractivity contribution in [2.45, 2.75) is 32.8 Å². The average Bonchev–Trinajstić information content (AvgIpc) is 3.49. The van der Waals surface area contributed by atoms with Crippen LogP contribution in [-0.2, 0) is 16.0 Å². The number of fused-ring (bicyclic) bond motifs is 3. The van der Waals surface area contributed by atoms with Crippen LogP contribution in [-0.4, -0.2) is 42.3 Å². The third-order valence-electron chi connectivity index (χ3n) is 6.11. The molecule has 1 unspecified atom stereocenters. The first-order valence-corrected chi connectivity index (χ1v) is 11.8. The largest absolute Gasteiger partial charge is 0.454 e. The summed E-state index contributed by atoms with van der Waals surface area (Å²) in [5.41, 5.74) is 4.49. The number of amides is 3. The molecular weight excluding hydrogens is 462 g/mol. The molecule has 184 valence electrons. The van der Waals surface area contributed by atoms with Crippen LogP contribution in [0, 0.1) is 0 Å². The third-order valence-corrected chi connectivity index (χ3v) is 6.11. The predicted molar refractivity (Wildman–Crippen MR) is 133 cm³/mol. The Bertz CT molecular complexity index is 1410. The number of imide groups is 1. The topological polar surface area (TPSA) is 116 Å². The molecule has 0 saturated carbocycles. The van der Waals surface area contributed by atoms with Gasteiger partial charge < -0.3 is 19.5 Å². The van der Waals surface area contributed by atoms with Crippen molar-refractivity contribution >= 4 is 40.5 Å². The number of esters is 1. The van der Waals surface area contributed by atoms with Crippen molar-refractivity contribution in [2.75, 3.05) is 13.3 Å². The number of urea groups is 1. The summed E-state index contributed by atoms with van der Waals surface area (Å²) in [6.07, 6.45) is 2.17. The molecule has 9 nitrogen and oxygen atoms in total. The fraction of sp³-hybridized carbons (Fsp3) is 0.259. The van der Waals surface area contributed by atoms with Gasteiger partial charge in [0.1, 0.15) is 0 Å². The van der Waals surface area contributed by atoms with Crippen molar-refractivity contribution in [2.24, 2.45) is 0 Å². The Morgan fingerprint density at radius 2 is 1.92 bits per heavy atom. The van der Waals surface area contributed by atoms with E-state index in [4.69, 9.17) is 19.2 Å². The van der Waals surface area contributed by atoms with E-state index >= 15 is 0 Å². The Labute approximate surface area is 207 Å². The molecule has 2 aromatic carbocycles. The molecule has 3 aromatic rings. The number of carbonyl (C=O) groups excluding carboxylic acids is 3. The SMILES string of the molecule is CCNC(=O)NC(=O)C(C)OC(=O)c1c2c(nc3ccccc13)/C(=C/c1ccc3c(c1)OCO3)CC2. The molecule has 1 aliphatic carbocycles. The van der Waals surface area contributed by atoms with E-state index in [1.807, 2.05) is 48.5 Å². The van der Waals surface area contributed by atoms with E-state index < -0.39 is 24.0 Å². The number of hydrogen-bond acceptors (Lipinski definition) is 7. The second-order valence-corrected chi connectivity index (χ2v) is 8.51. The molecule has 9 heteroatoms. The van der Waals surface area contributed by atoms with Crippen molar-refractivity contribution in [3.05, 3.63) is 64.8 Å². The minimum atomic E-state index is -1.16. The molecule has 0 bridgehead atoms. The number of pyridine rings is 1. The maximum Gasteiger partial charge on any atom is 0.339 e. The summed E-state index contributed by atoms with van der Waals surface area (Å²) >= 11 is 0. The molecule has 2 heterocycles. The molecule has 1 atom stereocenters. The number of nitrogens with one attached hydrogen (secondary N) is 2. The normalized spacial score (nSPS) is 15.4. The summed E-state index contributed by atoms with van der Waals surface area (Å²) < 4.78 is 16.4. The summed E-state index contributed by atoms with van der Waals surface area (Å²) in [5.74, 6) is 0.0714. The van der Waals surface area contributed by atoms with Crippen LogP contribution in [0.5, 0.6) is 11.5 Å². The number of rotatable bonds is 5. The summed E-state index contributed by atoms with van der Waals surface area (Å²) in [7, 11) is 0. The van der Waals surface area contributed by atoms with Crippen LogP contribution in [0.15, 0.2) is 42.5 Å². The number of allylic oxidation sites excluding steroid dienone is 1. The van der Waals surface area contributed by atoms with Crippen molar-refractivity contribution in [3.8, 4) is 11.5 Å². The Morgan fingerprint density at radius 1 is 1.11 bits per heavy atom. The average molecular weight is 488 g/mol. The quantitative estimate of drug-likeness (QED) is 0.525. The van der Waals surface area contributed by atoms with Gasteiger partial charge in [0.2, 0.25) is 6.79 Å². The van der Waals surface area contributed by atoms with Gasteiger partial charge in [0, 0.05) is 11.9 Å². The highest BCUT2D eigenvalue weighted by Gasteiger charge is 2.30. The zero-order valence-corrected chi connectivity index (χ0v) is 19.9. The lowest BCUT2D eigenvalue weighted by Crippen LogP contribution is -2.44. The molecule has 0 saturated heterocycles. The number of carbonyl (C=O) groups is 3. The molecule has 5 rings (SSSR count). The Hall–Kier alpha value is -4.40. The summed E-state index contributed by atoms with van der Waals surface area (Å²) in [5, 5.41) is 5.30. The highest BCUT2D eigenvalue weighted by atomic mass is 16.7. The van der Waals surface area contributed by atoms with Crippen LogP contribution in [0.4, 0.5) is 4.79 Å². The predicted octanol–water partition coefficient (Wildman–Crippen LogP) is 3.84. The molecule has 0 spiro atoms. The van der Waals surface area contributed by atoms with Crippen molar-refractivity contribution < 1.29 is 28.6 Å². The smallest absolute Gasteiger partial charge is 0.339 e. The van der Waals surface area contributed by atoms with Crippen LogP contribution >= 0.6 is 0 Å². The zero-order valence-electron chi connectivity index (χ0n) is 19.9. The minimum absolute atomic E-state index is 0.205. The van der Waals surface area contributed by atoms with E-state index in [2.05, 4.69) is 10.6 Å². The Balaban J connectivity index is 1.47. The molecule has 1 aliphatic heterocycles.